The molecule has 94 valence electrons. The number of carbonyl (C=O) groups is 1. The van der Waals surface area contributed by atoms with E-state index in [1.165, 1.54) is 5.56 Å². The SMILES string of the molecule is Cc1ccc(C)c2c(C)c(C(=O)N3CCC3)oc12. The molecule has 0 aliphatic carbocycles. The van der Waals surface area contributed by atoms with Crippen molar-refractivity contribution in [3.05, 3.63) is 34.6 Å². The van der Waals surface area contributed by atoms with E-state index in [0.717, 1.165) is 41.6 Å². The van der Waals surface area contributed by atoms with Gasteiger partial charge in [-0.3, -0.25) is 4.79 Å². The van der Waals surface area contributed by atoms with Crippen molar-refractivity contribution in [1.82, 2.24) is 4.90 Å². The molecule has 0 spiro atoms. The highest BCUT2D eigenvalue weighted by atomic mass is 16.3. The van der Waals surface area contributed by atoms with Crippen LogP contribution in [0.4, 0.5) is 0 Å². The third-order valence-electron chi connectivity index (χ3n) is 3.82. The number of amides is 1. The molecular formula is C15H17NO2. The molecule has 18 heavy (non-hydrogen) atoms. The summed E-state index contributed by atoms with van der Waals surface area (Å²) in [4.78, 5) is 14.1. The van der Waals surface area contributed by atoms with Gasteiger partial charge >= 0.3 is 0 Å². The summed E-state index contributed by atoms with van der Waals surface area (Å²) in [5.74, 6) is 0.552. The summed E-state index contributed by atoms with van der Waals surface area (Å²) in [6.45, 7) is 7.76. The molecule has 3 heteroatoms. The topological polar surface area (TPSA) is 33.5 Å². The zero-order chi connectivity index (χ0) is 12.9. The first-order valence-corrected chi connectivity index (χ1v) is 6.38. The van der Waals surface area contributed by atoms with Crippen molar-refractivity contribution in [1.29, 1.82) is 0 Å². The molecule has 1 aromatic carbocycles. The summed E-state index contributed by atoms with van der Waals surface area (Å²) < 4.78 is 5.84. The molecule has 2 heterocycles. The molecule has 1 aliphatic rings. The second-order valence-corrected chi connectivity index (χ2v) is 5.11. The highest BCUT2D eigenvalue weighted by Gasteiger charge is 2.27. The largest absolute Gasteiger partial charge is 0.450 e. The summed E-state index contributed by atoms with van der Waals surface area (Å²) in [5, 5.41) is 1.10. The maximum atomic E-state index is 12.3. The zero-order valence-electron chi connectivity index (χ0n) is 11.0. The molecular weight excluding hydrogens is 226 g/mol. The van der Waals surface area contributed by atoms with E-state index >= 15 is 0 Å². The smallest absolute Gasteiger partial charge is 0.289 e. The van der Waals surface area contributed by atoms with Crippen LogP contribution in [0.2, 0.25) is 0 Å². The molecule has 0 unspecified atom stereocenters. The van der Waals surface area contributed by atoms with Gasteiger partial charge in [-0.05, 0) is 38.3 Å². The average molecular weight is 243 g/mol. The van der Waals surface area contributed by atoms with E-state index in [1.807, 2.05) is 24.8 Å². The lowest BCUT2D eigenvalue weighted by Crippen LogP contribution is -2.42. The van der Waals surface area contributed by atoms with Gasteiger partial charge in [0.05, 0.1) is 0 Å². The molecule has 3 nitrogen and oxygen atoms in total. The molecule has 1 saturated heterocycles. The Morgan fingerprint density at radius 1 is 1.17 bits per heavy atom. The van der Waals surface area contributed by atoms with Gasteiger partial charge in [0.1, 0.15) is 5.58 Å². The molecule has 1 aromatic heterocycles. The van der Waals surface area contributed by atoms with Gasteiger partial charge in [-0.15, -0.1) is 0 Å². The van der Waals surface area contributed by atoms with Gasteiger partial charge in [-0.2, -0.15) is 0 Å². The fraction of sp³-hybridized carbons (Fsp3) is 0.400. The van der Waals surface area contributed by atoms with Crippen LogP contribution in [0.15, 0.2) is 16.5 Å². The number of rotatable bonds is 1. The molecule has 0 atom stereocenters. The Bertz CT molecular complexity index is 635. The number of aryl methyl sites for hydroxylation is 3. The van der Waals surface area contributed by atoms with Gasteiger partial charge < -0.3 is 9.32 Å². The van der Waals surface area contributed by atoms with Gasteiger partial charge in [0.25, 0.3) is 5.91 Å². The number of benzene rings is 1. The predicted molar refractivity (Wildman–Crippen MR) is 70.9 cm³/mol. The predicted octanol–water partition coefficient (Wildman–Crippen LogP) is 3.20. The standard InChI is InChI=1S/C15H17NO2/c1-9-5-6-10(2)13-12(9)11(3)14(18-13)15(17)16-7-4-8-16/h5-6H,4,7-8H2,1-3H3. The minimum Gasteiger partial charge on any atom is -0.450 e. The van der Waals surface area contributed by atoms with Gasteiger partial charge in [0, 0.05) is 24.0 Å². The lowest BCUT2D eigenvalue weighted by atomic mass is 10.0. The van der Waals surface area contributed by atoms with Crippen molar-refractivity contribution < 1.29 is 9.21 Å². The van der Waals surface area contributed by atoms with Crippen LogP contribution >= 0.6 is 0 Å². The molecule has 0 N–H and O–H groups in total. The first-order valence-electron chi connectivity index (χ1n) is 6.38. The third kappa shape index (κ3) is 1.47. The number of hydrogen-bond acceptors (Lipinski definition) is 2. The summed E-state index contributed by atoms with van der Waals surface area (Å²) in [6.07, 6.45) is 1.10. The van der Waals surface area contributed by atoms with Crippen LogP contribution in [-0.4, -0.2) is 23.9 Å². The number of fused-ring (bicyclic) bond motifs is 1. The monoisotopic (exact) mass is 243 g/mol. The quantitative estimate of drug-likeness (QED) is 0.770. The average Bonchev–Trinajstić information content (AvgIpc) is 2.61. The number of nitrogens with zero attached hydrogens (tertiary/aromatic N) is 1. The van der Waals surface area contributed by atoms with Crippen LogP contribution in [0.1, 0.15) is 33.7 Å². The molecule has 1 fully saturated rings. The second-order valence-electron chi connectivity index (χ2n) is 5.11. The van der Waals surface area contributed by atoms with E-state index in [2.05, 4.69) is 13.0 Å². The Hall–Kier alpha value is -1.77. The van der Waals surface area contributed by atoms with E-state index in [-0.39, 0.29) is 5.91 Å². The lowest BCUT2D eigenvalue weighted by Gasteiger charge is -2.30. The summed E-state index contributed by atoms with van der Waals surface area (Å²) in [7, 11) is 0. The van der Waals surface area contributed by atoms with Gasteiger partial charge in [-0.1, -0.05) is 12.1 Å². The molecule has 1 amide bonds. The number of carbonyl (C=O) groups excluding carboxylic acids is 1. The fourth-order valence-electron chi connectivity index (χ4n) is 2.54. The van der Waals surface area contributed by atoms with E-state index < -0.39 is 0 Å². The number of furan rings is 1. The Kier molecular flexibility index (Phi) is 2.44. The summed E-state index contributed by atoms with van der Waals surface area (Å²) >= 11 is 0. The minimum absolute atomic E-state index is 0.0359. The van der Waals surface area contributed by atoms with Crippen molar-refractivity contribution in [2.75, 3.05) is 13.1 Å². The maximum Gasteiger partial charge on any atom is 0.289 e. The van der Waals surface area contributed by atoms with Crippen molar-refractivity contribution >= 4 is 16.9 Å². The molecule has 2 aromatic rings. The third-order valence-corrected chi connectivity index (χ3v) is 3.82. The van der Waals surface area contributed by atoms with Gasteiger partial charge in [0.15, 0.2) is 5.76 Å². The van der Waals surface area contributed by atoms with Crippen molar-refractivity contribution in [3.63, 3.8) is 0 Å². The fourth-order valence-corrected chi connectivity index (χ4v) is 2.54. The van der Waals surface area contributed by atoms with Gasteiger partial charge in [0.2, 0.25) is 0 Å². The second kappa shape index (κ2) is 3.87. The maximum absolute atomic E-state index is 12.3. The van der Waals surface area contributed by atoms with Crippen molar-refractivity contribution in [2.45, 2.75) is 27.2 Å². The van der Waals surface area contributed by atoms with Crippen LogP contribution in [0, 0.1) is 20.8 Å². The van der Waals surface area contributed by atoms with Crippen LogP contribution < -0.4 is 0 Å². The first kappa shape index (κ1) is 11.3. The van der Waals surface area contributed by atoms with Crippen LogP contribution in [-0.2, 0) is 0 Å². The molecule has 0 radical (unpaired) electrons. The summed E-state index contributed by atoms with van der Waals surface area (Å²) in [6, 6.07) is 4.12. The van der Waals surface area contributed by atoms with E-state index in [4.69, 9.17) is 4.42 Å². The number of likely N-dealkylation sites (tertiary alicyclic amines) is 1. The van der Waals surface area contributed by atoms with E-state index in [0.29, 0.717) is 5.76 Å². The molecule has 0 saturated carbocycles. The van der Waals surface area contributed by atoms with Crippen LogP contribution in [0.5, 0.6) is 0 Å². The molecule has 3 rings (SSSR count). The molecule has 0 bridgehead atoms. The lowest BCUT2D eigenvalue weighted by molar-refractivity contribution is 0.0620. The Morgan fingerprint density at radius 2 is 1.83 bits per heavy atom. The van der Waals surface area contributed by atoms with Crippen LogP contribution in [0.25, 0.3) is 11.0 Å². The normalized spacial score (nSPS) is 14.9. The Morgan fingerprint density at radius 3 is 2.39 bits per heavy atom. The number of hydrogen-bond donors (Lipinski definition) is 0. The van der Waals surface area contributed by atoms with Crippen molar-refractivity contribution in [3.8, 4) is 0 Å². The molecule has 1 aliphatic heterocycles. The summed E-state index contributed by atoms with van der Waals surface area (Å²) in [5.41, 5.74) is 4.08. The minimum atomic E-state index is 0.0359. The van der Waals surface area contributed by atoms with E-state index in [1.54, 1.807) is 0 Å². The highest BCUT2D eigenvalue weighted by Crippen LogP contribution is 2.31. The first-order chi connectivity index (χ1) is 8.59. The zero-order valence-corrected chi connectivity index (χ0v) is 11.0. The van der Waals surface area contributed by atoms with Crippen molar-refractivity contribution in [2.24, 2.45) is 0 Å². The Balaban J connectivity index is 2.19. The Labute approximate surface area is 106 Å². The van der Waals surface area contributed by atoms with Crippen LogP contribution in [0.3, 0.4) is 0 Å². The van der Waals surface area contributed by atoms with E-state index in [9.17, 15) is 4.79 Å². The highest BCUT2D eigenvalue weighted by molar-refractivity contribution is 6.00. The van der Waals surface area contributed by atoms with Gasteiger partial charge in [-0.25, -0.2) is 0 Å².